The van der Waals surface area contributed by atoms with Crippen LogP contribution in [0.2, 0.25) is 0 Å². The minimum atomic E-state index is -1.11. The predicted octanol–water partition coefficient (Wildman–Crippen LogP) is 7.91. The summed E-state index contributed by atoms with van der Waals surface area (Å²) >= 11 is 0. The summed E-state index contributed by atoms with van der Waals surface area (Å²) in [7, 11) is 6.09. The Hall–Kier alpha value is -5.46. The average molecular weight is 775 g/mol. The molecule has 2 atom stereocenters. The Labute approximate surface area is 332 Å². The molecule has 12 heteroatoms. The molecule has 3 aliphatic rings. The molecule has 3 aromatic heterocycles. The Morgan fingerprint density at radius 3 is 1.70 bits per heavy atom. The van der Waals surface area contributed by atoms with E-state index in [1.54, 1.807) is 5.56 Å². The number of carboxylic acids is 2. The topological polar surface area (TPSA) is 185 Å². The van der Waals surface area contributed by atoms with Crippen molar-refractivity contribution >= 4 is 50.3 Å². The minimum Gasteiger partial charge on any atom is -0.480 e. The quantitative estimate of drug-likeness (QED) is 0.0799. The second-order valence-electron chi connectivity index (χ2n) is 16.4. The second kappa shape index (κ2) is 15.5. The number of nitrogens with zero attached hydrogens (tertiary/aromatic N) is 4. The number of nitro groups is 1. The van der Waals surface area contributed by atoms with Crippen LogP contribution in [0.25, 0.3) is 32.7 Å². The number of hydrogen-bond acceptors (Lipinski definition) is 6. The lowest BCUT2D eigenvalue weighted by Gasteiger charge is -2.07. The zero-order valence-electron chi connectivity index (χ0n) is 33.7. The first-order chi connectivity index (χ1) is 27.1. The van der Waals surface area contributed by atoms with Gasteiger partial charge in [0, 0.05) is 67.9 Å². The van der Waals surface area contributed by atoms with Gasteiger partial charge in [-0.3, -0.25) is 19.7 Å². The number of aliphatic carboxylic acids is 2. The first-order valence-electron chi connectivity index (χ1n) is 19.9. The fourth-order valence-electron chi connectivity index (χ4n) is 8.58. The number of aromatic nitrogens is 3. The van der Waals surface area contributed by atoms with Crippen LogP contribution in [0.15, 0.2) is 54.6 Å². The summed E-state index contributed by atoms with van der Waals surface area (Å²) in [6.07, 6.45) is 7.90. The van der Waals surface area contributed by atoms with Crippen molar-refractivity contribution in [3.8, 4) is 0 Å². The molecule has 3 heterocycles. The highest BCUT2D eigenvalue weighted by Gasteiger charge is 2.33. The summed E-state index contributed by atoms with van der Waals surface area (Å²) in [6.45, 7) is 6.07. The molecule has 2 unspecified atom stereocenters. The van der Waals surface area contributed by atoms with Gasteiger partial charge in [-0.2, -0.15) is 0 Å². The van der Waals surface area contributed by atoms with Crippen molar-refractivity contribution in [1.29, 1.82) is 0 Å². The van der Waals surface area contributed by atoms with Gasteiger partial charge in [-0.15, -0.1) is 0 Å². The number of fused-ring (bicyclic) bond motifs is 3. The van der Waals surface area contributed by atoms with Crippen LogP contribution in [0.5, 0.6) is 0 Å². The first-order valence-corrected chi connectivity index (χ1v) is 19.9. The highest BCUT2D eigenvalue weighted by atomic mass is 16.6. The van der Waals surface area contributed by atoms with Crippen molar-refractivity contribution in [2.75, 3.05) is 0 Å². The number of nitro benzene ring substituents is 1. The molecular formula is C45H54N6O6. The molecular weight excluding hydrogens is 721 g/mol. The maximum atomic E-state index is 11.5. The molecule has 6 N–H and O–H groups in total. The number of non-ortho nitro benzene ring substituents is 1. The summed E-state index contributed by atoms with van der Waals surface area (Å²) < 4.78 is 6.44. The van der Waals surface area contributed by atoms with E-state index in [4.69, 9.17) is 21.7 Å². The van der Waals surface area contributed by atoms with Crippen molar-refractivity contribution in [3.05, 3.63) is 110 Å². The van der Waals surface area contributed by atoms with Crippen LogP contribution < -0.4 is 11.5 Å². The lowest BCUT2D eigenvalue weighted by atomic mass is 9.99. The van der Waals surface area contributed by atoms with Gasteiger partial charge in [0.2, 0.25) is 0 Å². The number of nitrogens with two attached hydrogens (primary N) is 2. The lowest BCUT2D eigenvalue weighted by Crippen LogP contribution is -2.32. The Kier molecular flexibility index (Phi) is 10.8. The standard InChI is InChI=1S/C16H19N3O4.C16H20N2O2.C13H15N/c1-8-11(7-12(17)16(20)21)14-13(19(22)23)6-5-10(9-3-4-9)15(14)18(8)2;1-9-13(8-14(17)16(19)20)12-5-3-4-11(10-6-7-10)15(12)18(9)2;1-9-8-11-4-3-5-12(10-6-7-10)13(11)14(9)2/h5-6,9,12H,3-4,7,17H2,1-2H3,(H,20,21);3-5,10,14H,6-8,17H2,1-2H3,(H,19,20);3-5,8,10H,6-7H2,1-2H3. The molecule has 0 saturated heterocycles. The molecule has 3 fully saturated rings. The Morgan fingerprint density at radius 1 is 0.702 bits per heavy atom. The van der Waals surface area contributed by atoms with Gasteiger partial charge >= 0.3 is 11.9 Å². The Bertz CT molecular complexity index is 2550. The fraction of sp³-hybridized carbons (Fsp3) is 0.422. The van der Waals surface area contributed by atoms with Crippen molar-refractivity contribution in [3.63, 3.8) is 0 Å². The van der Waals surface area contributed by atoms with Gasteiger partial charge < -0.3 is 35.4 Å². The van der Waals surface area contributed by atoms with Crippen molar-refractivity contribution in [1.82, 2.24) is 13.7 Å². The van der Waals surface area contributed by atoms with Crippen LogP contribution in [0.3, 0.4) is 0 Å². The third-order valence-corrected chi connectivity index (χ3v) is 12.5. The molecule has 3 saturated carbocycles. The fourth-order valence-corrected chi connectivity index (χ4v) is 8.58. The van der Waals surface area contributed by atoms with E-state index in [0.717, 1.165) is 52.2 Å². The molecule has 57 heavy (non-hydrogen) atoms. The molecule has 0 amide bonds. The Morgan fingerprint density at radius 2 is 1.18 bits per heavy atom. The van der Waals surface area contributed by atoms with Gasteiger partial charge in [0.05, 0.1) is 26.9 Å². The van der Waals surface area contributed by atoms with Crippen LogP contribution in [-0.4, -0.2) is 52.9 Å². The summed E-state index contributed by atoms with van der Waals surface area (Å²) in [5.41, 5.74) is 24.0. The summed E-state index contributed by atoms with van der Waals surface area (Å²) in [5, 5.41) is 32.7. The van der Waals surface area contributed by atoms with E-state index in [1.165, 1.54) is 59.4 Å². The maximum absolute atomic E-state index is 11.5. The number of rotatable bonds is 10. The second-order valence-corrected chi connectivity index (χ2v) is 16.4. The smallest absolute Gasteiger partial charge is 0.320 e. The van der Waals surface area contributed by atoms with Gasteiger partial charge in [-0.25, -0.2) is 0 Å². The molecule has 300 valence electrons. The SMILES string of the molecule is Cc1c(CC(N)C(=O)O)c2c([N+](=O)[O-])ccc(C3CC3)c2n1C.Cc1c(CC(N)C(=O)O)c2cccc(C3CC3)c2n1C.Cc1cc2cccc(C3CC3)c2n1C. The van der Waals surface area contributed by atoms with E-state index in [-0.39, 0.29) is 12.1 Å². The lowest BCUT2D eigenvalue weighted by molar-refractivity contribution is -0.383. The Balaban J connectivity index is 0.000000134. The third kappa shape index (κ3) is 7.68. The van der Waals surface area contributed by atoms with E-state index in [1.807, 2.05) is 31.5 Å². The maximum Gasteiger partial charge on any atom is 0.320 e. The van der Waals surface area contributed by atoms with Gasteiger partial charge in [-0.1, -0.05) is 36.4 Å². The van der Waals surface area contributed by atoms with Crippen molar-refractivity contribution in [2.24, 2.45) is 32.6 Å². The number of aryl methyl sites for hydroxylation is 4. The molecule has 0 spiro atoms. The number of para-hydroxylation sites is 2. The number of benzene rings is 3. The van der Waals surface area contributed by atoms with Gasteiger partial charge in [0.1, 0.15) is 12.1 Å². The van der Waals surface area contributed by atoms with Crippen LogP contribution in [0.4, 0.5) is 5.69 Å². The molecule has 9 rings (SSSR count). The van der Waals surface area contributed by atoms with E-state index in [0.29, 0.717) is 29.2 Å². The molecule has 3 aliphatic carbocycles. The van der Waals surface area contributed by atoms with Crippen LogP contribution >= 0.6 is 0 Å². The van der Waals surface area contributed by atoms with Crippen LogP contribution in [0, 0.1) is 30.9 Å². The zero-order chi connectivity index (χ0) is 41.0. The predicted molar refractivity (Wildman–Crippen MR) is 224 cm³/mol. The average Bonchev–Trinajstić information content (AvgIpc) is 4.05. The number of carboxylic acid groups (broad SMARTS) is 2. The van der Waals surface area contributed by atoms with Crippen molar-refractivity contribution < 1.29 is 24.7 Å². The van der Waals surface area contributed by atoms with E-state index >= 15 is 0 Å². The van der Waals surface area contributed by atoms with Gasteiger partial charge in [0.15, 0.2) is 0 Å². The number of carbonyl (C=O) groups is 2. The summed E-state index contributed by atoms with van der Waals surface area (Å²) in [6, 6.07) is 16.8. The highest BCUT2D eigenvalue weighted by molar-refractivity contribution is 5.97. The van der Waals surface area contributed by atoms with E-state index < -0.39 is 28.9 Å². The number of hydrogen-bond donors (Lipinski definition) is 4. The summed E-state index contributed by atoms with van der Waals surface area (Å²) in [4.78, 5) is 33.2. The van der Waals surface area contributed by atoms with E-state index in [9.17, 15) is 19.7 Å². The highest BCUT2D eigenvalue weighted by Crippen LogP contribution is 2.47. The normalized spacial score (nSPS) is 16.2. The molecule has 12 nitrogen and oxygen atoms in total. The van der Waals surface area contributed by atoms with Crippen LogP contribution in [0.1, 0.15) is 101 Å². The minimum absolute atomic E-state index is 0.0145. The van der Waals surface area contributed by atoms with Gasteiger partial charge in [0.25, 0.3) is 5.69 Å². The zero-order valence-corrected chi connectivity index (χ0v) is 33.7. The third-order valence-electron chi connectivity index (χ3n) is 12.5. The molecule has 0 bridgehead atoms. The molecule has 3 aromatic carbocycles. The monoisotopic (exact) mass is 774 g/mol. The summed E-state index contributed by atoms with van der Waals surface area (Å²) in [5.74, 6) is -0.103. The van der Waals surface area contributed by atoms with E-state index in [2.05, 4.69) is 72.6 Å². The van der Waals surface area contributed by atoms with Crippen molar-refractivity contribution in [2.45, 2.75) is 102 Å². The molecule has 0 radical (unpaired) electrons. The van der Waals surface area contributed by atoms with Crippen LogP contribution in [-0.2, 0) is 43.6 Å². The molecule has 0 aliphatic heterocycles. The van der Waals surface area contributed by atoms with Gasteiger partial charge in [-0.05, 0) is 117 Å². The molecule has 6 aromatic rings. The largest absolute Gasteiger partial charge is 0.480 e. The first kappa shape index (κ1) is 39.8.